The molecule has 6 nitrogen and oxygen atoms in total. The first-order valence-electron chi connectivity index (χ1n) is 18.9. The number of fused-ring (bicyclic) bond motifs is 6. The maximum atomic E-state index is 4.95. The van der Waals surface area contributed by atoms with E-state index in [9.17, 15) is 0 Å². The molecule has 264 valence electrons. The Labute approximate surface area is 323 Å². The number of nitrogens with zero attached hydrogens (tertiary/aromatic N) is 5. The van der Waals surface area contributed by atoms with E-state index in [1.54, 1.807) is 0 Å². The second kappa shape index (κ2) is 13.1. The smallest absolute Gasteiger partial charge is 0.164 e. The molecule has 56 heavy (non-hydrogen) atoms. The SMILES string of the molecule is C1=Cc2c(c3cc(-c4ccc5c(c4)c4ccccc4n5-c4ccccc4)ccc3n2-c2ccc(-c3nc(-c4ccccc4)nc(-c4ccccc4)n3)cc2)NC1. The Kier molecular flexibility index (Phi) is 7.45. The van der Waals surface area contributed by atoms with Crippen LogP contribution in [-0.2, 0) is 0 Å². The lowest BCUT2D eigenvalue weighted by molar-refractivity contribution is 1.07. The highest BCUT2D eigenvalue weighted by atomic mass is 15.1. The summed E-state index contributed by atoms with van der Waals surface area (Å²) < 4.78 is 4.70. The Morgan fingerprint density at radius 2 is 0.875 bits per heavy atom. The lowest BCUT2D eigenvalue weighted by Gasteiger charge is -2.14. The molecule has 0 saturated carbocycles. The molecule has 1 N–H and O–H groups in total. The van der Waals surface area contributed by atoms with Crippen LogP contribution in [0.1, 0.15) is 5.69 Å². The van der Waals surface area contributed by atoms with Crippen molar-refractivity contribution in [2.45, 2.75) is 0 Å². The zero-order valence-electron chi connectivity index (χ0n) is 30.3. The summed E-state index contributed by atoms with van der Waals surface area (Å²) in [6.07, 6.45) is 4.42. The highest BCUT2D eigenvalue weighted by Crippen LogP contribution is 2.40. The molecule has 0 atom stereocenters. The average molecular weight is 719 g/mol. The minimum Gasteiger partial charge on any atom is -0.379 e. The average Bonchev–Trinajstić information content (AvgIpc) is 3.79. The van der Waals surface area contributed by atoms with E-state index >= 15 is 0 Å². The van der Waals surface area contributed by atoms with Gasteiger partial charge in [0.15, 0.2) is 17.5 Å². The van der Waals surface area contributed by atoms with E-state index in [0.717, 1.165) is 51.5 Å². The summed E-state index contributed by atoms with van der Waals surface area (Å²) in [6.45, 7) is 0.785. The molecule has 10 aromatic rings. The maximum Gasteiger partial charge on any atom is 0.164 e. The van der Waals surface area contributed by atoms with Crippen molar-refractivity contribution in [1.82, 2.24) is 24.1 Å². The van der Waals surface area contributed by atoms with Crippen LogP contribution in [0.4, 0.5) is 5.69 Å². The first kappa shape index (κ1) is 31.9. The van der Waals surface area contributed by atoms with Gasteiger partial charge in [0, 0.05) is 50.8 Å². The normalized spacial score (nSPS) is 12.3. The molecule has 0 saturated heterocycles. The van der Waals surface area contributed by atoms with Crippen LogP contribution in [0.2, 0.25) is 0 Å². The van der Waals surface area contributed by atoms with E-state index in [-0.39, 0.29) is 0 Å². The molecule has 3 aromatic heterocycles. The molecule has 0 spiro atoms. The molecule has 0 radical (unpaired) electrons. The molecule has 0 bridgehead atoms. The van der Waals surface area contributed by atoms with Gasteiger partial charge in [-0.15, -0.1) is 0 Å². The molecule has 4 heterocycles. The van der Waals surface area contributed by atoms with Crippen molar-refractivity contribution < 1.29 is 0 Å². The van der Waals surface area contributed by atoms with Gasteiger partial charge in [-0.05, 0) is 83.9 Å². The van der Waals surface area contributed by atoms with E-state index in [4.69, 9.17) is 15.0 Å². The first-order valence-corrected chi connectivity index (χ1v) is 18.9. The minimum atomic E-state index is 0.638. The molecule has 0 aliphatic carbocycles. The summed E-state index contributed by atoms with van der Waals surface area (Å²) >= 11 is 0. The van der Waals surface area contributed by atoms with Crippen LogP contribution in [0.15, 0.2) is 182 Å². The van der Waals surface area contributed by atoms with Gasteiger partial charge in [-0.3, -0.25) is 0 Å². The largest absolute Gasteiger partial charge is 0.379 e. The lowest BCUT2D eigenvalue weighted by atomic mass is 10.0. The van der Waals surface area contributed by atoms with Gasteiger partial charge in [-0.1, -0.05) is 115 Å². The maximum absolute atomic E-state index is 4.95. The summed E-state index contributed by atoms with van der Waals surface area (Å²) in [6, 6.07) is 61.8. The van der Waals surface area contributed by atoms with Crippen LogP contribution in [0, 0.1) is 0 Å². The Hall–Kier alpha value is -7.57. The predicted molar refractivity (Wildman–Crippen MR) is 230 cm³/mol. The van der Waals surface area contributed by atoms with E-state index in [1.165, 1.54) is 38.3 Å². The number of rotatable bonds is 6. The predicted octanol–water partition coefficient (Wildman–Crippen LogP) is 12.0. The Bertz CT molecular complexity index is 3050. The fourth-order valence-corrected chi connectivity index (χ4v) is 8.15. The van der Waals surface area contributed by atoms with Crippen LogP contribution in [0.3, 0.4) is 0 Å². The summed E-state index contributed by atoms with van der Waals surface area (Å²) in [7, 11) is 0. The van der Waals surface area contributed by atoms with Crippen molar-refractivity contribution in [2.24, 2.45) is 0 Å². The van der Waals surface area contributed by atoms with Gasteiger partial charge in [-0.2, -0.15) is 0 Å². The Balaban J connectivity index is 1.00. The number of hydrogen-bond donors (Lipinski definition) is 1. The summed E-state index contributed by atoms with van der Waals surface area (Å²) in [5, 5.41) is 7.37. The topological polar surface area (TPSA) is 60.6 Å². The summed E-state index contributed by atoms with van der Waals surface area (Å²) in [4.78, 5) is 14.8. The molecule has 1 aliphatic heterocycles. The molecule has 7 aromatic carbocycles. The van der Waals surface area contributed by atoms with E-state index in [0.29, 0.717) is 17.5 Å². The van der Waals surface area contributed by atoms with Gasteiger partial charge in [0.05, 0.1) is 27.9 Å². The quantitative estimate of drug-likeness (QED) is 0.186. The van der Waals surface area contributed by atoms with Crippen molar-refractivity contribution in [1.29, 1.82) is 0 Å². The fourth-order valence-electron chi connectivity index (χ4n) is 8.15. The second-order valence-corrected chi connectivity index (χ2v) is 14.1. The van der Waals surface area contributed by atoms with Gasteiger partial charge in [0.2, 0.25) is 0 Å². The van der Waals surface area contributed by atoms with Crippen molar-refractivity contribution in [3.63, 3.8) is 0 Å². The highest BCUT2D eigenvalue weighted by Gasteiger charge is 2.21. The van der Waals surface area contributed by atoms with Crippen LogP contribution >= 0.6 is 0 Å². The van der Waals surface area contributed by atoms with Gasteiger partial charge in [-0.25, -0.2) is 15.0 Å². The van der Waals surface area contributed by atoms with Crippen molar-refractivity contribution in [3.05, 3.63) is 188 Å². The van der Waals surface area contributed by atoms with Gasteiger partial charge < -0.3 is 14.5 Å². The summed E-state index contributed by atoms with van der Waals surface area (Å²) in [5.41, 5.74) is 13.3. The minimum absolute atomic E-state index is 0.638. The standard InChI is InChI=1S/C50H34N6/c1-4-13-33(14-5-1)48-52-49(34-15-6-2-7-16-34)54-50(53-48)35-22-26-39(27-23-35)56-45-29-25-37(32-42(45)47-46(56)21-12-30-51-47)36-24-28-44-41(31-36)40-19-10-11-20-43(40)55(44)38-17-8-3-9-18-38/h1-29,31-32,51H,30H2. The number of hydrogen-bond acceptors (Lipinski definition) is 4. The number of anilines is 1. The molecule has 0 amide bonds. The monoisotopic (exact) mass is 718 g/mol. The third kappa shape index (κ3) is 5.30. The Morgan fingerprint density at radius 1 is 0.393 bits per heavy atom. The van der Waals surface area contributed by atoms with Crippen LogP contribution < -0.4 is 5.32 Å². The number of para-hydroxylation sites is 2. The fraction of sp³-hybridized carbons (Fsp3) is 0.0200. The molecule has 11 rings (SSSR count). The van der Waals surface area contributed by atoms with Crippen LogP contribution in [-0.4, -0.2) is 30.6 Å². The van der Waals surface area contributed by atoms with E-state index in [2.05, 4.69) is 142 Å². The van der Waals surface area contributed by atoms with E-state index in [1.807, 2.05) is 60.7 Å². The van der Waals surface area contributed by atoms with Crippen LogP contribution in [0.5, 0.6) is 0 Å². The number of benzene rings is 7. The van der Waals surface area contributed by atoms with Crippen LogP contribution in [0.25, 0.3) is 95.5 Å². The number of nitrogens with one attached hydrogen (secondary N) is 1. The van der Waals surface area contributed by atoms with E-state index < -0.39 is 0 Å². The summed E-state index contributed by atoms with van der Waals surface area (Å²) in [5.74, 6) is 1.94. The zero-order chi connectivity index (χ0) is 37.0. The molecule has 6 heteroatoms. The first-order chi connectivity index (χ1) is 27.8. The van der Waals surface area contributed by atoms with Gasteiger partial charge in [0.1, 0.15) is 0 Å². The molecular weight excluding hydrogens is 685 g/mol. The van der Waals surface area contributed by atoms with Crippen molar-refractivity contribution in [3.8, 4) is 56.7 Å². The zero-order valence-corrected chi connectivity index (χ0v) is 30.3. The molecule has 0 unspecified atom stereocenters. The van der Waals surface area contributed by atoms with Gasteiger partial charge in [0.25, 0.3) is 0 Å². The van der Waals surface area contributed by atoms with Crippen molar-refractivity contribution in [2.75, 3.05) is 11.9 Å². The Morgan fingerprint density at radius 3 is 1.52 bits per heavy atom. The van der Waals surface area contributed by atoms with Crippen molar-refractivity contribution >= 4 is 44.5 Å². The van der Waals surface area contributed by atoms with Gasteiger partial charge >= 0.3 is 0 Å². The second-order valence-electron chi connectivity index (χ2n) is 14.1. The molecule has 1 aliphatic rings. The lowest BCUT2D eigenvalue weighted by Crippen LogP contribution is -2.06. The number of aromatic nitrogens is 5. The molecule has 0 fully saturated rings. The molecular formula is C50H34N6. The highest BCUT2D eigenvalue weighted by molar-refractivity contribution is 6.11. The third-order valence-corrected chi connectivity index (χ3v) is 10.8. The third-order valence-electron chi connectivity index (χ3n) is 10.8.